The molecule has 0 spiro atoms. The van der Waals surface area contributed by atoms with Gasteiger partial charge in [-0.2, -0.15) is 0 Å². The maximum Gasteiger partial charge on any atom is 0.339 e. The summed E-state index contributed by atoms with van der Waals surface area (Å²) in [5.74, 6) is -3.07. The lowest BCUT2D eigenvalue weighted by Crippen LogP contribution is -2.14. The predicted molar refractivity (Wildman–Crippen MR) is 91.6 cm³/mol. The molecule has 0 aliphatic heterocycles. The Balaban J connectivity index is 2.53. The van der Waals surface area contributed by atoms with Gasteiger partial charge in [0.05, 0.1) is 0 Å². The van der Waals surface area contributed by atoms with Crippen LogP contribution in [0.5, 0.6) is 11.5 Å². The van der Waals surface area contributed by atoms with E-state index >= 15 is 0 Å². The largest absolute Gasteiger partial charge is 0.507 e. The molecule has 2 aromatic rings. The van der Waals surface area contributed by atoms with Crippen molar-refractivity contribution in [2.24, 2.45) is 0 Å². The Morgan fingerprint density at radius 3 is 1.96 bits per heavy atom. The highest BCUT2D eigenvalue weighted by atomic mass is 16.4. The minimum Gasteiger partial charge on any atom is -0.507 e. The van der Waals surface area contributed by atoms with Gasteiger partial charge in [0.25, 0.3) is 0 Å². The SMILES string of the molecule is CC(C)(C)c1cc(Cc2ccc(O)c(C(=O)O)c2)cc(C(=O)O)c1O. The Morgan fingerprint density at radius 2 is 1.44 bits per heavy atom. The van der Waals surface area contributed by atoms with Gasteiger partial charge in [-0.3, -0.25) is 0 Å². The van der Waals surface area contributed by atoms with Gasteiger partial charge in [-0.1, -0.05) is 32.9 Å². The maximum atomic E-state index is 11.4. The summed E-state index contributed by atoms with van der Waals surface area (Å²) < 4.78 is 0. The highest BCUT2D eigenvalue weighted by Gasteiger charge is 2.24. The quantitative estimate of drug-likeness (QED) is 0.676. The molecule has 2 aromatic carbocycles. The normalized spacial score (nSPS) is 11.3. The van der Waals surface area contributed by atoms with E-state index < -0.39 is 17.4 Å². The molecule has 0 fully saturated rings. The predicted octanol–water partition coefficient (Wildman–Crippen LogP) is 3.38. The molecule has 0 saturated heterocycles. The van der Waals surface area contributed by atoms with Crippen molar-refractivity contribution in [2.45, 2.75) is 32.6 Å². The zero-order chi connectivity index (χ0) is 18.9. The molecule has 0 aliphatic rings. The molecule has 0 saturated carbocycles. The number of phenols is 2. The van der Waals surface area contributed by atoms with Crippen molar-refractivity contribution in [3.05, 3.63) is 58.1 Å². The summed E-state index contributed by atoms with van der Waals surface area (Å²) in [4.78, 5) is 22.6. The Kier molecular flexibility index (Phi) is 4.74. The first-order valence-electron chi connectivity index (χ1n) is 7.65. The van der Waals surface area contributed by atoms with Crippen molar-refractivity contribution in [2.75, 3.05) is 0 Å². The van der Waals surface area contributed by atoms with Crippen LogP contribution in [-0.2, 0) is 11.8 Å². The van der Waals surface area contributed by atoms with E-state index in [1.54, 1.807) is 12.1 Å². The number of hydrogen-bond acceptors (Lipinski definition) is 4. The molecule has 0 bridgehead atoms. The zero-order valence-electron chi connectivity index (χ0n) is 14.2. The molecule has 2 rings (SSSR count). The van der Waals surface area contributed by atoms with Crippen molar-refractivity contribution in [3.8, 4) is 11.5 Å². The van der Waals surface area contributed by atoms with E-state index in [-0.39, 0.29) is 29.0 Å². The second-order valence-corrected chi connectivity index (χ2v) is 6.93. The molecule has 0 radical (unpaired) electrons. The van der Waals surface area contributed by atoms with Crippen LogP contribution in [-0.4, -0.2) is 32.4 Å². The van der Waals surface area contributed by atoms with Gasteiger partial charge < -0.3 is 20.4 Å². The van der Waals surface area contributed by atoms with Crippen LogP contribution in [0.25, 0.3) is 0 Å². The zero-order valence-corrected chi connectivity index (χ0v) is 14.2. The van der Waals surface area contributed by atoms with Crippen LogP contribution in [0.2, 0.25) is 0 Å². The number of aromatic hydroxyl groups is 2. The number of benzene rings is 2. The monoisotopic (exact) mass is 344 g/mol. The van der Waals surface area contributed by atoms with Crippen LogP contribution in [0.15, 0.2) is 30.3 Å². The van der Waals surface area contributed by atoms with Crippen LogP contribution in [0.1, 0.15) is 58.2 Å². The summed E-state index contributed by atoms with van der Waals surface area (Å²) in [5, 5.41) is 38.2. The fourth-order valence-corrected chi connectivity index (χ4v) is 2.63. The van der Waals surface area contributed by atoms with E-state index in [9.17, 15) is 24.9 Å². The van der Waals surface area contributed by atoms with Crippen LogP contribution in [0, 0.1) is 0 Å². The van der Waals surface area contributed by atoms with E-state index in [1.165, 1.54) is 18.2 Å². The van der Waals surface area contributed by atoms with Gasteiger partial charge in [0, 0.05) is 5.56 Å². The molecule has 0 aliphatic carbocycles. The smallest absolute Gasteiger partial charge is 0.339 e. The Labute approximate surface area is 145 Å². The van der Waals surface area contributed by atoms with Crippen LogP contribution in [0.4, 0.5) is 0 Å². The van der Waals surface area contributed by atoms with Gasteiger partial charge in [0.2, 0.25) is 0 Å². The van der Waals surface area contributed by atoms with Crippen molar-refractivity contribution in [3.63, 3.8) is 0 Å². The number of hydrogen-bond donors (Lipinski definition) is 4. The first kappa shape index (κ1) is 18.3. The lowest BCUT2D eigenvalue weighted by molar-refractivity contribution is 0.0682. The summed E-state index contributed by atoms with van der Waals surface area (Å²) in [6.07, 6.45) is 0.268. The molecule has 6 heteroatoms. The summed E-state index contributed by atoms with van der Waals surface area (Å²) >= 11 is 0. The molecule has 0 unspecified atom stereocenters. The average molecular weight is 344 g/mol. The Hall–Kier alpha value is -3.02. The Morgan fingerprint density at radius 1 is 0.880 bits per heavy atom. The van der Waals surface area contributed by atoms with Crippen molar-refractivity contribution >= 4 is 11.9 Å². The molecule has 6 nitrogen and oxygen atoms in total. The van der Waals surface area contributed by atoms with Crippen molar-refractivity contribution < 1.29 is 30.0 Å². The topological polar surface area (TPSA) is 115 Å². The highest BCUT2D eigenvalue weighted by molar-refractivity contribution is 5.92. The third-order valence-corrected chi connectivity index (χ3v) is 3.91. The standard InChI is InChI=1S/C19H20O6/c1-19(2,3)14-9-11(8-13(16(14)21)18(24)25)6-10-4-5-15(20)12(7-10)17(22)23/h4-5,7-9,20-21H,6H2,1-3H3,(H,22,23)(H,24,25). The van der Waals surface area contributed by atoms with Gasteiger partial charge in [-0.25, -0.2) is 9.59 Å². The lowest BCUT2D eigenvalue weighted by atomic mass is 9.83. The lowest BCUT2D eigenvalue weighted by Gasteiger charge is -2.22. The number of carbonyl (C=O) groups is 2. The third kappa shape index (κ3) is 3.91. The second kappa shape index (κ2) is 6.47. The van der Waals surface area contributed by atoms with Crippen molar-refractivity contribution in [1.29, 1.82) is 0 Å². The first-order chi connectivity index (χ1) is 11.5. The fraction of sp³-hybridized carbons (Fsp3) is 0.263. The first-order valence-corrected chi connectivity index (χ1v) is 7.65. The van der Waals surface area contributed by atoms with Crippen LogP contribution in [0.3, 0.4) is 0 Å². The van der Waals surface area contributed by atoms with Crippen LogP contribution < -0.4 is 0 Å². The average Bonchev–Trinajstić information content (AvgIpc) is 2.49. The second-order valence-electron chi connectivity index (χ2n) is 6.93. The molecule has 0 amide bonds. The molecular formula is C19H20O6. The molecular weight excluding hydrogens is 324 g/mol. The van der Waals surface area contributed by atoms with E-state index in [0.29, 0.717) is 16.7 Å². The van der Waals surface area contributed by atoms with Gasteiger partial charge in [0.15, 0.2) is 0 Å². The number of rotatable bonds is 4. The molecule has 25 heavy (non-hydrogen) atoms. The van der Waals surface area contributed by atoms with Gasteiger partial charge in [0.1, 0.15) is 22.6 Å². The summed E-state index contributed by atoms with van der Waals surface area (Å²) in [5.41, 5.74) is 0.857. The molecule has 132 valence electrons. The molecule has 0 atom stereocenters. The number of aromatic carboxylic acids is 2. The minimum absolute atomic E-state index is 0.195. The van der Waals surface area contributed by atoms with Gasteiger partial charge in [-0.05, 0) is 41.2 Å². The summed E-state index contributed by atoms with van der Waals surface area (Å²) in [6.45, 7) is 5.58. The highest BCUT2D eigenvalue weighted by Crippen LogP contribution is 2.35. The minimum atomic E-state index is -1.24. The maximum absolute atomic E-state index is 11.4. The summed E-state index contributed by atoms with van der Waals surface area (Å²) in [6, 6.07) is 7.31. The molecule has 4 N–H and O–H groups in total. The van der Waals surface area contributed by atoms with E-state index in [1.807, 2.05) is 20.8 Å². The van der Waals surface area contributed by atoms with Gasteiger partial charge in [-0.15, -0.1) is 0 Å². The van der Waals surface area contributed by atoms with Crippen molar-refractivity contribution in [1.82, 2.24) is 0 Å². The van der Waals surface area contributed by atoms with E-state index in [4.69, 9.17) is 5.11 Å². The number of carboxylic acid groups (broad SMARTS) is 2. The fourth-order valence-electron chi connectivity index (χ4n) is 2.63. The van der Waals surface area contributed by atoms with E-state index in [0.717, 1.165) is 0 Å². The van der Waals surface area contributed by atoms with Crippen LogP contribution >= 0.6 is 0 Å². The number of carboxylic acids is 2. The molecule has 0 heterocycles. The Bertz CT molecular complexity index is 846. The third-order valence-electron chi connectivity index (χ3n) is 3.91. The summed E-state index contributed by atoms with van der Waals surface area (Å²) in [7, 11) is 0. The van der Waals surface area contributed by atoms with Gasteiger partial charge >= 0.3 is 11.9 Å². The molecule has 0 aromatic heterocycles. The van der Waals surface area contributed by atoms with E-state index in [2.05, 4.69) is 0 Å².